The van der Waals surface area contributed by atoms with E-state index in [1.165, 1.54) is 12.5 Å². The van der Waals surface area contributed by atoms with Gasteiger partial charge in [-0.3, -0.25) is 0 Å². The Kier molecular flexibility index (Phi) is 3.33. The van der Waals surface area contributed by atoms with Gasteiger partial charge in [-0.1, -0.05) is 19.9 Å². The molecule has 1 aliphatic carbocycles. The maximum Gasteiger partial charge on any atom is 0.143 e. The summed E-state index contributed by atoms with van der Waals surface area (Å²) in [7, 11) is 0. The van der Waals surface area contributed by atoms with E-state index < -0.39 is 5.82 Å². The average molecular weight is 232 g/mol. The zero-order chi connectivity index (χ0) is 12.4. The number of anilines is 1. The summed E-state index contributed by atoms with van der Waals surface area (Å²) < 4.78 is 13.4. The lowest BCUT2D eigenvalue weighted by molar-refractivity contribution is 0.435. The van der Waals surface area contributed by atoms with E-state index in [1.54, 1.807) is 12.1 Å². The monoisotopic (exact) mass is 232 g/mol. The average Bonchev–Trinajstić information content (AvgIpc) is 2.61. The third-order valence-electron chi connectivity index (χ3n) is 3.93. The number of hydrogen-bond donors (Lipinski definition) is 1. The normalized spacial score (nSPS) is 27.8. The number of benzene rings is 1. The van der Waals surface area contributed by atoms with Crippen molar-refractivity contribution in [2.24, 2.45) is 11.8 Å². The Morgan fingerprint density at radius 3 is 2.71 bits per heavy atom. The highest BCUT2D eigenvalue weighted by Crippen LogP contribution is 2.34. The first-order valence-corrected chi connectivity index (χ1v) is 6.08. The summed E-state index contributed by atoms with van der Waals surface area (Å²) >= 11 is 0. The third-order valence-corrected chi connectivity index (χ3v) is 3.93. The quantitative estimate of drug-likeness (QED) is 0.846. The molecule has 0 aromatic heterocycles. The van der Waals surface area contributed by atoms with Crippen molar-refractivity contribution in [3.63, 3.8) is 0 Å². The van der Waals surface area contributed by atoms with E-state index in [0.29, 0.717) is 23.6 Å². The molecule has 0 aliphatic heterocycles. The minimum Gasteiger partial charge on any atom is -0.381 e. The highest BCUT2D eigenvalue weighted by Gasteiger charge is 2.30. The summed E-state index contributed by atoms with van der Waals surface area (Å²) in [6, 6.07) is 7.01. The Labute approximate surface area is 101 Å². The van der Waals surface area contributed by atoms with Gasteiger partial charge in [-0.25, -0.2) is 4.39 Å². The van der Waals surface area contributed by atoms with Crippen LogP contribution in [0, 0.1) is 29.0 Å². The first-order chi connectivity index (χ1) is 8.13. The van der Waals surface area contributed by atoms with Gasteiger partial charge in [0.15, 0.2) is 0 Å². The van der Waals surface area contributed by atoms with Crippen molar-refractivity contribution in [3.05, 3.63) is 29.6 Å². The first kappa shape index (κ1) is 11.9. The summed E-state index contributed by atoms with van der Waals surface area (Å²) in [4.78, 5) is 0. The molecule has 0 heterocycles. The standard InChI is InChI=1S/C14H17FN2/c1-9-6-7-13(10(9)2)17-14-5-3-4-12(15)11(14)8-16/h3-5,9-10,13,17H,6-7H2,1-2H3. The van der Waals surface area contributed by atoms with Gasteiger partial charge in [0.25, 0.3) is 0 Å². The van der Waals surface area contributed by atoms with Crippen LogP contribution in [-0.2, 0) is 0 Å². The minimum atomic E-state index is -0.448. The second-order valence-electron chi connectivity index (χ2n) is 4.94. The summed E-state index contributed by atoms with van der Waals surface area (Å²) in [5.41, 5.74) is 0.748. The maximum atomic E-state index is 13.4. The van der Waals surface area contributed by atoms with Gasteiger partial charge in [-0.2, -0.15) is 5.26 Å². The summed E-state index contributed by atoms with van der Waals surface area (Å²) in [5, 5.41) is 12.3. The molecule has 1 saturated carbocycles. The predicted octanol–water partition coefficient (Wildman–Crippen LogP) is 3.54. The van der Waals surface area contributed by atoms with Crippen molar-refractivity contribution >= 4 is 5.69 Å². The Morgan fingerprint density at radius 1 is 1.35 bits per heavy atom. The smallest absolute Gasteiger partial charge is 0.143 e. The lowest BCUT2D eigenvalue weighted by atomic mass is 9.97. The van der Waals surface area contributed by atoms with Gasteiger partial charge in [0.1, 0.15) is 17.4 Å². The summed E-state index contributed by atoms with van der Waals surface area (Å²) in [6.07, 6.45) is 2.28. The molecule has 1 aliphatic rings. The molecule has 90 valence electrons. The van der Waals surface area contributed by atoms with Crippen molar-refractivity contribution in [1.29, 1.82) is 5.26 Å². The fourth-order valence-electron chi connectivity index (χ4n) is 2.53. The molecule has 2 nitrogen and oxygen atoms in total. The molecule has 1 aromatic rings. The number of halogens is 1. The Hall–Kier alpha value is -1.56. The van der Waals surface area contributed by atoms with E-state index in [1.807, 2.05) is 6.07 Å². The topological polar surface area (TPSA) is 35.8 Å². The molecule has 0 bridgehead atoms. The van der Waals surface area contributed by atoms with Crippen LogP contribution in [0.25, 0.3) is 0 Å². The van der Waals surface area contributed by atoms with Gasteiger partial charge in [0.05, 0.1) is 5.69 Å². The Morgan fingerprint density at radius 2 is 2.12 bits per heavy atom. The number of hydrogen-bond acceptors (Lipinski definition) is 2. The van der Waals surface area contributed by atoms with Crippen molar-refractivity contribution in [2.75, 3.05) is 5.32 Å². The molecule has 1 aromatic carbocycles. The molecule has 0 amide bonds. The van der Waals surface area contributed by atoms with Crippen LogP contribution in [0.2, 0.25) is 0 Å². The number of rotatable bonds is 2. The van der Waals surface area contributed by atoms with Crippen LogP contribution in [0.3, 0.4) is 0 Å². The highest BCUT2D eigenvalue weighted by atomic mass is 19.1. The maximum absolute atomic E-state index is 13.4. The molecule has 3 heteroatoms. The highest BCUT2D eigenvalue weighted by molar-refractivity contribution is 5.58. The van der Waals surface area contributed by atoms with Crippen molar-refractivity contribution in [3.8, 4) is 6.07 Å². The molecule has 0 saturated heterocycles. The lowest BCUT2D eigenvalue weighted by Gasteiger charge is -2.21. The molecule has 2 rings (SSSR count). The molecule has 1 fully saturated rings. The molecule has 17 heavy (non-hydrogen) atoms. The van der Waals surface area contributed by atoms with Crippen molar-refractivity contribution in [2.45, 2.75) is 32.7 Å². The van der Waals surface area contributed by atoms with Gasteiger partial charge >= 0.3 is 0 Å². The van der Waals surface area contributed by atoms with E-state index in [9.17, 15) is 4.39 Å². The van der Waals surface area contributed by atoms with Crippen LogP contribution in [0.4, 0.5) is 10.1 Å². The van der Waals surface area contributed by atoms with E-state index >= 15 is 0 Å². The van der Waals surface area contributed by atoms with Gasteiger partial charge in [-0.05, 0) is 36.8 Å². The van der Waals surface area contributed by atoms with Crippen LogP contribution in [-0.4, -0.2) is 6.04 Å². The van der Waals surface area contributed by atoms with E-state index in [2.05, 4.69) is 19.2 Å². The zero-order valence-corrected chi connectivity index (χ0v) is 10.2. The van der Waals surface area contributed by atoms with E-state index in [-0.39, 0.29) is 5.56 Å². The molecular formula is C14H17FN2. The van der Waals surface area contributed by atoms with Gasteiger partial charge < -0.3 is 5.32 Å². The number of nitriles is 1. The molecule has 1 N–H and O–H groups in total. The van der Waals surface area contributed by atoms with Gasteiger partial charge in [0.2, 0.25) is 0 Å². The zero-order valence-electron chi connectivity index (χ0n) is 10.2. The van der Waals surface area contributed by atoms with Gasteiger partial charge in [0, 0.05) is 6.04 Å². The van der Waals surface area contributed by atoms with Crippen LogP contribution in [0.15, 0.2) is 18.2 Å². The first-order valence-electron chi connectivity index (χ1n) is 6.08. The summed E-state index contributed by atoms with van der Waals surface area (Å²) in [5.74, 6) is 0.799. The molecule has 3 unspecified atom stereocenters. The molecular weight excluding hydrogens is 215 g/mol. The van der Waals surface area contributed by atoms with E-state index in [0.717, 1.165) is 6.42 Å². The lowest BCUT2D eigenvalue weighted by Crippen LogP contribution is -2.24. The molecule has 3 atom stereocenters. The third kappa shape index (κ3) is 2.26. The van der Waals surface area contributed by atoms with E-state index in [4.69, 9.17) is 5.26 Å². The largest absolute Gasteiger partial charge is 0.381 e. The summed E-state index contributed by atoms with van der Waals surface area (Å²) in [6.45, 7) is 4.45. The molecule has 0 spiro atoms. The van der Waals surface area contributed by atoms with Crippen LogP contribution >= 0.6 is 0 Å². The number of nitrogens with zero attached hydrogens (tertiary/aromatic N) is 1. The Balaban J connectivity index is 2.20. The van der Waals surface area contributed by atoms with Gasteiger partial charge in [-0.15, -0.1) is 0 Å². The van der Waals surface area contributed by atoms with Crippen molar-refractivity contribution in [1.82, 2.24) is 0 Å². The minimum absolute atomic E-state index is 0.124. The van der Waals surface area contributed by atoms with Crippen molar-refractivity contribution < 1.29 is 4.39 Å². The fraction of sp³-hybridized carbons (Fsp3) is 0.500. The Bertz CT molecular complexity index is 450. The van der Waals surface area contributed by atoms with Crippen LogP contribution in [0.5, 0.6) is 0 Å². The SMILES string of the molecule is CC1CCC(Nc2cccc(F)c2C#N)C1C. The second-order valence-corrected chi connectivity index (χ2v) is 4.94. The number of nitrogens with one attached hydrogen (secondary N) is 1. The second kappa shape index (κ2) is 4.75. The molecule has 0 radical (unpaired) electrons. The van der Waals surface area contributed by atoms with Crippen LogP contribution < -0.4 is 5.32 Å². The van der Waals surface area contributed by atoms with Crippen LogP contribution in [0.1, 0.15) is 32.3 Å². The predicted molar refractivity (Wildman–Crippen MR) is 66.1 cm³/mol. The fourth-order valence-corrected chi connectivity index (χ4v) is 2.53.